The minimum atomic E-state index is -0.267. The zero-order valence-electron chi connectivity index (χ0n) is 12.4. The fourth-order valence-electron chi connectivity index (χ4n) is 2.86. The molecule has 2 atom stereocenters. The third-order valence-electron chi connectivity index (χ3n) is 4.74. The van der Waals surface area contributed by atoms with Gasteiger partial charge in [0.2, 0.25) is 0 Å². The van der Waals surface area contributed by atoms with Crippen LogP contribution in [0.1, 0.15) is 57.7 Å². The average Bonchev–Trinajstić information content (AvgIpc) is 3.07. The van der Waals surface area contributed by atoms with Gasteiger partial charge in [-0.25, -0.2) is 0 Å². The molecule has 0 aliphatic heterocycles. The lowest BCUT2D eigenvalue weighted by Crippen LogP contribution is -2.48. The number of nitrogens with two attached hydrogens (primary N) is 1. The predicted octanol–water partition coefficient (Wildman–Crippen LogP) is 2.68. The van der Waals surface area contributed by atoms with Gasteiger partial charge in [0.15, 0.2) is 0 Å². The fourth-order valence-corrected chi connectivity index (χ4v) is 2.86. The minimum Gasteiger partial charge on any atom is -0.377 e. The van der Waals surface area contributed by atoms with Crippen LogP contribution in [-0.4, -0.2) is 28.5 Å². The molecule has 1 aliphatic carbocycles. The Morgan fingerprint density at radius 1 is 1.53 bits per heavy atom. The molecule has 4 heteroatoms. The van der Waals surface area contributed by atoms with E-state index in [9.17, 15) is 0 Å². The lowest BCUT2D eigenvalue weighted by Gasteiger charge is -2.32. The van der Waals surface area contributed by atoms with Gasteiger partial charge in [-0.05, 0) is 32.3 Å². The number of ether oxygens (including phenoxy) is 1. The summed E-state index contributed by atoms with van der Waals surface area (Å²) < 4.78 is 7.70. The first kappa shape index (κ1) is 14.5. The van der Waals surface area contributed by atoms with Crippen molar-refractivity contribution in [3.05, 3.63) is 18.0 Å². The highest BCUT2D eigenvalue weighted by Gasteiger charge is 2.30. The summed E-state index contributed by atoms with van der Waals surface area (Å²) in [7, 11) is 1.74. The molecular weight excluding hydrogens is 238 g/mol. The van der Waals surface area contributed by atoms with Crippen LogP contribution in [0.25, 0.3) is 0 Å². The van der Waals surface area contributed by atoms with Gasteiger partial charge in [0.05, 0.1) is 17.3 Å². The molecule has 1 aromatic heterocycles. The fraction of sp³-hybridized carbons (Fsp3) is 0.800. The van der Waals surface area contributed by atoms with E-state index < -0.39 is 0 Å². The molecular formula is C15H27N3O. The van der Waals surface area contributed by atoms with E-state index in [0.29, 0.717) is 6.04 Å². The molecule has 2 rings (SSSR count). The van der Waals surface area contributed by atoms with Gasteiger partial charge in [0.25, 0.3) is 0 Å². The summed E-state index contributed by atoms with van der Waals surface area (Å²) in [5.74, 6) is 0. The van der Waals surface area contributed by atoms with Gasteiger partial charge in [-0.15, -0.1) is 0 Å². The van der Waals surface area contributed by atoms with Crippen LogP contribution in [-0.2, 0) is 11.2 Å². The molecule has 108 valence electrons. The van der Waals surface area contributed by atoms with Crippen molar-refractivity contribution < 1.29 is 4.74 Å². The van der Waals surface area contributed by atoms with E-state index in [0.717, 1.165) is 18.5 Å². The van der Waals surface area contributed by atoms with Crippen LogP contribution in [0.5, 0.6) is 0 Å². The lowest BCUT2D eigenvalue weighted by molar-refractivity contribution is -0.0187. The van der Waals surface area contributed by atoms with Crippen molar-refractivity contribution in [2.75, 3.05) is 7.11 Å². The minimum absolute atomic E-state index is 0.0190. The normalized spacial score (nSPS) is 21.5. The van der Waals surface area contributed by atoms with Crippen LogP contribution in [0, 0.1) is 0 Å². The molecule has 4 nitrogen and oxygen atoms in total. The SMILES string of the molecule is CCC(C)(OC)C(N)Cc1ccn(C2CCCC2)n1. The smallest absolute Gasteiger partial charge is 0.0802 e. The van der Waals surface area contributed by atoms with E-state index in [1.807, 2.05) is 0 Å². The molecule has 1 saturated carbocycles. The first-order valence-electron chi connectivity index (χ1n) is 7.44. The second-order valence-corrected chi connectivity index (χ2v) is 5.91. The molecule has 0 spiro atoms. The summed E-state index contributed by atoms with van der Waals surface area (Å²) in [6.07, 6.45) is 8.98. The van der Waals surface area contributed by atoms with Crippen LogP contribution in [0.2, 0.25) is 0 Å². The Hall–Kier alpha value is -0.870. The maximum Gasteiger partial charge on any atom is 0.0802 e. The van der Waals surface area contributed by atoms with Crippen LogP contribution in [0.3, 0.4) is 0 Å². The molecule has 1 aliphatic rings. The summed E-state index contributed by atoms with van der Waals surface area (Å²) in [6, 6.07) is 2.68. The Morgan fingerprint density at radius 3 is 2.79 bits per heavy atom. The molecule has 0 saturated heterocycles. The van der Waals surface area contributed by atoms with Gasteiger partial charge < -0.3 is 10.5 Å². The molecule has 0 radical (unpaired) electrons. The molecule has 19 heavy (non-hydrogen) atoms. The first-order chi connectivity index (χ1) is 9.09. The number of methoxy groups -OCH3 is 1. The van der Waals surface area contributed by atoms with Crippen molar-refractivity contribution in [1.82, 2.24) is 9.78 Å². The van der Waals surface area contributed by atoms with E-state index in [1.54, 1.807) is 7.11 Å². The Morgan fingerprint density at radius 2 is 2.21 bits per heavy atom. The van der Waals surface area contributed by atoms with Crippen LogP contribution in [0.15, 0.2) is 12.3 Å². The van der Waals surface area contributed by atoms with Gasteiger partial charge >= 0.3 is 0 Å². The van der Waals surface area contributed by atoms with Gasteiger partial charge in [-0.3, -0.25) is 4.68 Å². The summed E-state index contributed by atoms with van der Waals surface area (Å²) in [6.45, 7) is 4.19. The second kappa shape index (κ2) is 6.06. The summed E-state index contributed by atoms with van der Waals surface area (Å²) in [5, 5.41) is 4.70. The number of rotatable bonds is 6. The van der Waals surface area contributed by atoms with E-state index in [-0.39, 0.29) is 11.6 Å². The van der Waals surface area contributed by atoms with Crippen molar-refractivity contribution in [3.63, 3.8) is 0 Å². The number of nitrogens with zero attached hydrogens (tertiary/aromatic N) is 2. The Balaban J connectivity index is 1.99. The molecule has 0 aromatic carbocycles. The van der Waals surface area contributed by atoms with Gasteiger partial charge in [-0.1, -0.05) is 19.8 Å². The van der Waals surface area contributed by atoms with Crippen molar-refractivity contribution >= 4 is 0 Å². The van der Waals surface area contributed by atoms with E-state index in [1.165, 1.54) is 25.7 Å². The maximum atomic E-state index is 6.29. The third-order valence-corrected chi connectivity index (χ3v) is 4.74. The van der Waals surface area contributed by atoms with Crippen molar-refractivity contribution in [1.29, 1.82) is 0 Å². The zero-order chi connectivity index (χ0) is 13.9. The molecule has 1 heterocycles. The highest BCUT2D eigenvalue weighted by molar-refractivity contribution is 5.05. The Bertz CT molecular complexity index is 392. The summed E-state index contributed by atoms with van der Waals surface area (Å²) in [5.41, 5.74) is 7.11. The standard InChI is InChI=1S/C15H27N3O/c1-4-15(2,19-3)14(16)11-12-9-10-18(17-12)13-7-5-6-8-13/h9-10,13-14H,4-8,11,16H2,1-3H3. The van der Waals surface area contributed by atoms with Crippen LogP contribution in [0.4, 0.5) is 0 Å². The molecule has 1 fully saturated rings. The Labute approximate surface area is 116 Å². The van der Waals surface area contributed by atoms with E-state index in [4.69, 9.17) is 15.6 Å². The van der Waals surface area contributed by atoms with Gasteiger partial charge in [-0.2, -0.15) is 5.10 Å². The first-order valence-corrected chi connectivity index (χ1v) is 7.44. The zero-order valence-corrected chi connectivity index (χ0v) is 12.4. The molecule has 2 unspecified atom stereocenters. The van der Waals surface area contributed by atoms with E-state index >= 15 is 0 Å². The van der Waals surface area contributed by atoms with Crippen LogP contribution < -0.4 is 5.73 Å². The summed E-state index contributed by atoms with van der Waals surface area (Å²) >= 11 is 0. The maximum absolute atomic E-state index is 6.29. The highest BCUT2D eigenvalue weighted by Crippen LogP contribution is 2.29. The monoisotopic (exact) mass is 265 g/mol. The lowest BCUT2D eigenvalue weighted by atomic mass is 9.90. The molecule has 1 aromatic rings. The number of hydrogen-bond donors (Lipinski definition) is 1. The quantitative estimate of drug-likeness (QED) is 0.860. The Kier molecular flexibility index (Phi) is 4.63. The van der Waals surface area contributed by atoms with Crippen molar-refractivity contribution in [2.45, 2.75) is 70.1 Å². The van der Waals surface area contributed by atoms with Gasteiger partial charge in [0, 0.05) is 25.8 Å². The molecule has 0 amide bonds. The topological polar surface area (TPSA) is 53.1 Å². The van der Waals surface area contributed by atoms with Crippen molar-refractivity contribution in [2.24, 2.45) is 5.73 Å². The average molecular weight is 265 g/mol. The van der Waals surface area contributed by atoms with Crippen LogP contribution >= 0.6 is 0 Å². The van der Waals surface area contributed by atoms with E-state index in [2.05, 4.69) is 30.8 Å². The molecule has 0 bridgehead atoms. The van der Waals surface area contributed by atoms with Gasteiger partial charge in [0.1, 0.15) is 0 Å². The van der Waals surface area contributed by atoms with Crippen molar-refractivity contribution in [3.8, 4) is 0 Å². The molecule has 2 N–H and O–H groups in total. The third kappa shape index (κ3) is 3.18. The highest BCUT2D eigenvalue weighted by atomic mass is 16.5. The second-order valence-electron chi connectivity index (χ2n) is 5.91. The number of hydrogen-bond acceptors (Lipinski definition) is 3. The largest absolute Gasteiger partial charge is 0.377 e. The predicted molar refractivity (Wildman–Crippen MR) is 77.1 cm³/mol. The summed E-state index contributed by atoms with van der Waals surface area (Å²) in [4.78, 5) is 0. The number of aromatic nitrogens is 2.